The van der Waals surface area contributed by atoms with Crippen LogP contribution in [-0.2, 0) is 17.4 Å². The number of nitriles is 1. The van der Waals surface area contributed by atoms with Gasteiger partial charge in [-0.05, 0) is 113 Å². The first-order valence-electron chi connectivity index (χ1n) is 14.1. The average Bonchev–Trinajstić information content (AvgIpc) is 3.14. The smallest absolute Gasteiger partial charge is 0.419 e. The van der Waals surface area contributed by atoms with Crippen LogP contribution in [0.15, 0.2) is 30.5 Å². The lowest BCUT2D eigenvalue weighted by Crippen LogP contribution is -2.55. The molecule has 1 amide bonds. The maximum atomic E-state index is 13.8. The van der Waals surface area contributed by atoms with Gasteiger partial charge in [0.2, 0.25) is 0 Å². The Labute approximate surface area is 255 Å². The summed E-state index contributed by atoms with van der Waals surface area (Å²) >= 11 is 5.74. The van der Waals surface area contributed by atoms with Gasteiger partial charge in [-0.2, -0.15) is 18.4 Å². The van der Waals surface area contributed by atoms with Crippen LogP contribution in [0.25, 0.3) is 0 Å². The summed E-state index contributed by atoms with van der Waals surface area (Å²) in [6, 6.07) is 7.98. The van der Waals surface area contributed by atoms with Crippen molar-refractivity contribution in [3.05, 3.63) is 47.3 Å². The van der Waals surface area contributed by atoms with E-state index < -0.39 is 23.0 Å². The van der Waals surface area contributed by atoms with Crippen molar-refractivity contribution in [1.29, 1.82) is 5.26 Å². The molecule has 3 aliphatic rings. The van der Waals surface area contributed by atoms with E-state index in [4.69, 9.17) is 22.2 Å². The summed E-state index contributed by atoms with van der Waals surface area (Å²) in [4.78, 5) is 20.4. The zero-order chi connectivity index (χ0) is 29.6. The number of halogens is 4. The topological polar surface area (TPSA) is 81.5 Å². The van der Waals surface area contributed by atoms with E-state index in [1.165, 1.54) is 6.07 Å². The lowest BCUT2D eigenvalue weighted by Gasteiger charge is -2.43. The van der Waals surface area contributed by atoms with Crippen LogP contribution in [0.4, 0.5) is 24.5 Å². The lowest BCUT2D eigenvalue weighted by molar-refractivity contribution is -0.138. The molecular formula is C30H35ClF3N5O2S. The normalized spacial score (nSPS) is 21.1. The minimum Gasteiger partial charge on any atom is -0.493 e. The molecule has 12 heteroatoms. The third-order valence-electron chi connectivity index (χ3n) is 8.56. The molecule has 0 radical (unpaired) electrons. The zero-order valence-electron chi connectivity index (χ0n) is 23.9. The van der Waals surface area contributed by atoms with Gasteiger partial charge in [0.1, 0.15) is 17.4 Å². The number of alkyl halides is 3. The molecule has 1 aliphatic carbocycles. The molecule has 1 aromatic carbocycles. The molecule has 42 heavy (non-hydrogen) atoms. The number of rotatable bonds is 7. The first-order valence-corrected chi connectivity index (χ1v) is 14.5. The number of ether oxygens (including phenoxy) is 1. The fourth-order valence-electron chi connectivity index (χ4n) is 6.30. The molecule has 7 nitrogen and oxygen atoms in total. The molecule has 1 aromatic heterocycles. The van der Waals surface area contributed by atoms with E-state index in [2.05, 4.69) is 24.1 Å². The van der Waals surface area contributed by atoms with Crippen molar-refractivity contribution >= 4 is 47.0 Å². The van der Waals surface area contributed by atoms with Crippen LogP contribution < -0.4 is 19.9 Å². The van der Waals surface area contributed by atoms with Gasteiger partial charge in [0, 0.05) is 11.2 Å². The Morgan fingerprint density at radius 3 is 2.57 bits per heavy atom. The number of piperidine rings is 1. The Morgan fingerprint density at radius 2 is 1.98 bits per heavy atom. The summed E-state index contributed by atoms with van der Waals surface area (Å²) in [5.41, 5.74) is -1.20. The number of carbonyl (C=O) groups is 1. The Bertz CT molecular complexity index is 1410. The fourth-order valence-corrected chi connectivity index (χ4v) is 6.77. The highest BCUT2D eigenvalue weighted by Crippen LogP contribution is 2.48. The number of carbonyl (C=O) groups excluding carboxylic acids is 1. The second-order valence-corrected chi connectivity index (χ2v) is 12.2. The van der Waals surface area contributed by atoms with Crippen LogP contribution in [-0.4, -0.2) is 40.2 Å². The highest BCUT2D eigenvalue weighted by molar-refractivity contribution is 7.81. The summed E-state index contributed by atoms with van der Waals surface area (Å²) in [6.45, 7) is 8.10. The molecule has 1 spiro atoms. The summed E-state index contributed by atoms with van der Waals surface area (Å²) in [5, 5.41) is 12.8. The van der Waals surface area contributed by atoms with E-state index in [9.17, 15) is 18.0 Å². The largest absolute Gasteiger partial charge is 0.493 e. The highest BCUT2D eigenvalue weighted by Gasteiger charge is 2.59. The summed E-state index contributed by atoms with van der Waals surface area (Å²) in [5.74, 6) is 1.01. The van der Waals surface area contributed by atoms with Crippen molar-refractivity contribution in [3.63, 3.8) is 0 Å². The molecule has 2 aromatic rings. The second kappa shape index (κ2) is 12.0. The Hall–Kier alpha value is -2.94. The van der Waals surface area contributed by atoms with Gasteiger partial charge in [0.15, 0.2) is 10.8 Å². The Balaban J connectivity index is 0.00000405. The van der Waals surface area contributed by atoms with Crippen LogP contribution >= 0.6 is 24.6 Å². The number of amides is 1. The van der Waals surface area contributed by atoms with Crippen molar-refractivity contribution in [2.24, 2.45) is 5.92 Å². The van der Waals surface area contributed by atoms with E-state index in [0.29, 0.717) is 37.5 Å². The number of anilines is 2. The average molecular weight is 622 g/mol. The van der Waals surface area contributed by atoms with Crippen molar-refractivity contribution < 1.29 is 22.7 Å². The molecule has 3 heterocycles. The maximum Gasteiger partial charge on any atom is 0.419 e. The van der Waals surface area contributed by atoms with Crippen LogP contribution in [0.2, 0.25) is 0 Å². The number of pyridine rings is 1. The molecule has 1 atom stereocenters. The number of hydrogen-bond donors (Lipinski definition) is 1. The molecule has 0 bridgehead atoms. The molecular weight excluding hydrogens is 587 g/mol. The SMILES string of the molecule is CCc1cc(N2C(=S)N(c3cnc(C#N)c(C(F)(F)F)c3)C(=O)C23CCC3)ccc1OCCC1CCNC(C)(C)C1.Cl. The van der Waals surface area contributed by atoms with Crippen LogP contribution in [0.3, 0.4) is 0 Å². The van der Waals surface area contributed by atoms with Gasteiger partial charge in [0.05, 0.1) is 24.1 Å². The Kier molecular flexibility index (Phi) is 9.12. The van der Waals surface area contributed by atoms with Gasteiger partial charge in [-0.3, -0.25) is 9.69 Å². The first kappa shape index (κ1) is 32.0. The van der Waals surface area contributed by atoms with Crippen molar-refractivity contribution in [2.45, 2.75) is 83.0 Å². The number of hydrogen-bond acceptors (Lipinski definition) is 6. The number of aryl methyl sites for hydroxylation is 1. The molecule has 1 saturated carbocycles. The predicted molar refractivity (Wildman–Crippen MR) is 161 cm³/mol. The van der Waals surface area contributed by atoms with Gasteiger partial charge in [-0.25, -0.2) is 4.98 Å². The van der Waals surface area contributed by atoms with Crippen molar-refractivity contribution in [1.82, 2.24) is 10.3 Å². The number of aromatic nitrogens is 1. The van der Waals surface area contributed by atoms with E-state index >= 15 is 0 Å². The Morgan fingerprint density at radius 1 is 1.24 bits per heavy atom. The van der Waals surface area contributed by atoms with Gasteiger partial charge in [0.25, 0.3) is 5.91 Å². The predicted octanol–water partition coefficient (Wildman–Crippen LogP) is 6.56. The van der Waals surface area contributed by atoms with E-state index in [1.807, 2.05) is 25.1 Å². The van der Waals surface area contributed by atoms with Gasteiger partial charge in [-0.15, -0.1) is 12.4 Å². The molecule has 5 rings (SSSR count). The van der Waals surface area contributed by atoms with Crippen LogP contribution in [0.1, 0.15) is 76.1 Å². The second-order valence-electron chi connectivity index (χ2n) is 11.8. The third kappa shape index (κ3) is 5.81. The van der Waals surface area contributed by atoms with Gasteiger partial charge in [-0.1, -0.05) is 6.92 Å². The zero-order valence-corrected chi connectivity index (χ0v) is 25.5. The molecule has 226 valence electrons. The summed E-state index contributed by atoms with van der Waals surface area (Å²) in [6.07, 6.45) is 2.07. The first-order chi connectivity index (χ1) is 19.4. The molecule has 2 aliphatic heterocycles. The van der Waals surface area contributed by atoms with E-state index in [1.54, 1.807) is 4.90 Å². The molecule has 3 fully saturated rings. The minimum absolute atomic E-state index is 0. The van der Waals surface area contributed by atoms with Gasteiger partial charge >= 0.3 is 6.18 Å². The van der Waals surface area contributed by atoms with Gasteiger partial charge < -0.3 is 15.0 Å². The summed E-state index contributed by atoms with van der Waals surface area (Å²) in [7, 11) is 0. The number of thiocarbonyl (C=S) groups is 1. The quantitative estimate of drug-likeness (QED) is 0.351. The van der Waals surface area contributed by atoms with E-state index in [-0.39, 0.29) is 34.7 Å². The standard InChI is InChI=1S/C30H34F3N5O2S.ClH/c1-4-20-14-21(6-7-25(20)40-13-9-19-8-12-36-28(2,3)16-19)38-27(41)37(26(39)29(38)10-5-11-29)22-15-23(30(31,32)33)24(17-34)35-18-22;/h6-7,14-15,18-19,36H,4-5,8-13,16H2,1-3H3;1H. The number of benzene rings is 1. The lowest BCUT2D eigenvalue weighted by atomic mass is 9.75. The highest BCUT2D eigenvalue weighted by atomic mass is 35.5. The van der Waals surface area contributed by atoms with Crippen LogP contribution in [0, 0.1) is 17.2 Å². The van der Waals surface area contributed by atoms with E-state index in [0.717, 1.165) is 60.7 Å². The third-order valence-corrected chi connectivity index (χ3v) is 8.92. The number of nitrogens with zero attached hydrogens (tertiary/aromatic N) is 4. The fraction of sp³-hybridized carbons (Fsp3) is 0.533. The molecule has 1 N–H and O–H groups in total. The van der Waals surface area contributed by atoms with Crippen molar-refractivity contribution in [2.75, 3.05) is 23.0 Å². The minimum atomic E-state index is -4.80. The molecule has 1 unspecified atom stereocenters. The monoisotopic (exact) mass is 621 g/mol. The molecule has 2 saturated heterocycles. The maximum absolute atomic E-state index is 13.8. The number of nitrogens with one attached hydrogen (secondary N) is 1. The van der Waals surface area contributed by atoms with Crippen molar-refractivity contribution in [3.8, 4) is 11.8 Å². The van der Waals surface area contributed by atoms with Crippen LogP contribution in [0.5, 0.6) is 5.75 Å². The summed E-state index contributed by atoms with van der Waals surface area (Å²) < 4.78 is 47.2.